The second kappa shape index (κ2) is 6.69. The van der Waals surface area contributed by atoms with Crippen LogP contribution in [0.2, 0.25) is 0 Å². The minimum Gasteiger partial charge on any atom is -0.365 e. The fourth-order valence-electron chi connectivity index (χ4n) is 2.05. The zero-order valence-electron chi connectivity index (χ0n) is 11.8. The maximum absolute atomic E-state index is 12.0. The molecular weight excluding hydrogens is 304 g/mol. The lowest BCUT2D eigenvalue weighted by Crippen LogP contribution is -2.16. The first kappa shape index (κ1) is 15.5. The maximum Gasteiger partial charge on any atom is 0.251 e. The number of carbonyl (C=O) groups excluding carboxylic acids is 2. The van der Waals surface area contributed by atoms with Crippen molar-refractivity contribution in [3.8, 4) is 0 Å². The third kappa shape index (κ3) is 3.59. The number of aryl methyl sites for hydroxylation is 1. The van der Waals surface area contributed by atoms with E-state index in [0.29, 0.717) is 17.0 Å². The van der Waals surface area contributed by atoms with Crippen molar-refractivity contribution in [2.45, 2.75) is 20.3 Å². The zero-order valence-corrected chi connectivity index (χ0v) is 13.4. The van der Waals surface area contributed by atoms with Crippen molar-refractivity contribution < 1.29 is 9.59 Å². The van der Waals surface area contributed by atoms with Crippen LogP contribution in [-0.2, 0) is 11.2 Å². The smallest absolute Gasteiger partial charge is 0.251 e. The van der Waals surface area contributed by atoms with Crippen molar-refractivity contribution in [3.05, 3.63) is 44.5 Å². The molecule has 4 nitrogen and oxygen atoms in total. The molecule has 0 spiro atoms. The van der Waals surface area contributed by atoms with Gasteiger partial charge in [0.25, 0.3) is 5.91 Å². The van der Waals surface area contributed by atoms with Crippen LogP contribution < -0.4 is 11.1 Å². The lowest BCUT2D eigenvalue weighted by molar-refractivity contribution is -0.111. The van der Waals surface area contributed by atoms with E-state index in [9.17, 15) is 9.59 Å². The third-order valence-electron chi connectivity index (χ3n) is 2.99. The van der Waals surface area contributed by atoms with Gasteiger partial charge in [0.1, 0.15) is 5.00 Å². The predicted molar refractivity (Wildman–Crippen MR) is 88.9 cm³/mol. The van der Waals surface area contributed by atoms with Crippen LogP contribution in [0.5, 0.6) is 0 Å². The van der Waals surface area contributed by atoms with E-state index in [-0.39, 0.29) is 5.91 Å². The Bertz CT molecular complexity index is 685. The summed E-state index contributed by atoms with van der Waals surface area (Å²) in [5.41, 5.74) is 6.77. The fraction of sp³-hybridized carbons (Fsp3) is 0.200. The van der Waals surface area contributed by atoms with Crippen molar-refractivity contribution in [1.29, 1.82) is 0 Å². The molecule has 0 bridgehead atoms. The number of primary amides is 1. The Balaban J connectivity index is 2.19. The molecule has 6 heteroatoms. The molecular formula is C15H16N2O2S2. The van der Waals surface area contributed by atoms with Gasteiger partial charge >= 0.3 is 0 Å². The highest BCUT2D eigenvalue weighted by Crippen LogP contribution is 2.33. The van der Waals surface area contributed by atoms with Crippen LogP contribution in [0.3, 0.4) is 0 Å². The molecule has 0 radical (unpaired) electrons. The fourth-order valence-corrected chi connectivity index (χ4v) is 3.82. The van der Waals surface area contributed by atoms with Gasteiger partial charge in [0.05, 0.1) is 5.56 Å². The molecule has 0 aromatic carbocycles. The summed E-state index contributed by atoms with van der Waals surface area (Å²) < 4.78 is 0. The quantitative estimate of drug-likeness (QED) is 0.828. The Labute approximate surface area is 131 Å². The van der Waals surface area contributed by atoms with Crippen LogP contribution in [0.4, 0.5) is 5.00 Å². The van der Waals surface area contributed by atoms with Crippen LogP contribution in [0.15, 0.2) is 23.6 Å². The van der Waals surface area contributed by atoms with Gasteiger partial charge in [-0.3, -0.25) is 9.59 Å². The van der Waals surface area contributed by atoms with E-state index in [0.717, 1.165) is 15.3 Å². The normalized spacial score (nSPS) is 11.0. The number of thiophene rings is 2. The predicted octanol–water partition coefficient (Wildman–Crippen LogP) is 3.43. The molecule has 2 heterocycles. The molecule has 110 valence electrons. The second-order valence-corrected chi connectivity index (χ2v) is 6.60. The maximum atomic E-state index is 12.0. The van der Waals surface area contributed by atoms with Crippen molar-refractivity contribution in [2.75, 3.05) is 5.32 Å². The topological polar surface area (TPSA) is 72.2 Å². The molecule has 21 heavy (non-hydrogen) atoms. The van der Waals surface area contributed by atoms with Crippen molar-refractivity contribution in [3.63, 3.8) is 0 Å². The Morgan fingerprint density at radius 2 is 2.19 bits per heavy atom. The largest absolute Gasteiger partial charge is 0.365 e. The molecule has 3 N–H and O–H groups in total. The first-order valence-corrected chi connectivity index (χ1v) is 8.17. The number of nitrogens with two attached hydrogens (primary N) is 1. The Morgan fingerprint density at radius 3 is 2.76 bits per heavy atom. The van der Waals surface area contributed by atoms with E-state index in [4.69, 9.17) is 5.73 Å². The number of carbonyl (C=O) groups is 2. The molecule has 0 fully saturated rings. The summed E-state index contributed by atoms with van der Waals surface area (Å²) in [5.74, 6) is -0.775. The van der Waals surface area contributed by atoms with Gasteiger partial charge in [0.15, 0.2) is 0 Å². The first-order chi connectivity index (χ1) is 10.0. The van der Waals surface area contributed by atoms with Crippen molar-refractivity contribution in [2.24, 2.45) is 5.73 Å². The van der Waals surface area contributed by atoms with Gasteiger partial charge in [0.2, 0.25) is 5.91 Å². The van der Waals surface area contributed by atoms with Crippen LogP contribution in [0.1, 0.15) is 32.6 Å². The molecule has 2 aromatic rings. The number of hydrogen-bond donors (Lipinski definition) is 2. The average molecular weight is 320 g/mol. The van der Waals surface area contributed by atoms with Crippen molar-refractivity contribution in [1.82, 2.24) is 0 Å². The Hall–Kier alpha value is -1.92. The molecule has 0 aliphatic rings. The van der Waals surface area contributed by atoms with Gasteiger partial charge in [0, 0.05) is 15.8 Å². The van der Waals surface area contributed by atoms with E-state index in [1.807, 2.05) is 31.4 Å². The van der Waals surface area contributed by atoms with E-state index in [2.05, 4.69) is 5.32 Å². The molecule has 0 aliphatic heterocycles. The minimum absolute atomic E-state index is 0.269. The SMILES string of the molecule is CCc1c(C)sc(NC(=O)/C=C/c2cccs2)c1C(N)=O. The highest BCUT2D eigenvalue weighted by molar-refractivity contribution is 7.16. The van der Waals surface area contributed by atoms with Gasteiger partial charge in [-0.2, -0.15) is 0 Å². The van der Waals surface area contributed by atoms with E-state index >= 15 is 0 Å². The lowest BCUT2D eigenvalue weighted by Gasteiger charge is -2.03. The van der Waals surface area contributed by atoms with Gasteiger partial charge < -0.3 is 11.1 Å². The molecule has 0 atom stereocenters. The summed E-state index contributed by atoms with van der Waals surface area (Å²) in [5, 5.41) is 5.22. The van der Waals surface area contributed by atoms with Crippen LogP contribution in [0.25, 0.3) is 6.08 Å². The minimum atomic E-state index is -0.506. The summed E-state index contributed by atoms with van der Waals surface area (Å²) in [6.07, 6.45) is 3.91. The summed E-state index contributed by atoms with van der Waals surface area (Å²) in [4.78, 5) is 25.6. The third-order valence-corrected chi connectivity index (χ3v) is 4.89. The van der Waals surface area contributed by atoms with Gasteiger partial charge in [-0.1, -0.05) is 13.0 Å². The molecule has 0 aliphatic carbocycles. The summed E-state index contributed by atoms with van der Waals surface area (Å²) in [6.45, 7) is 3.89. The molecule has 2 rings (SSSR count). The average Bonchev–Trinajstić information content (AvgIpc) is 3.03. The zero-order chi connectivity index (χ0) is 15.4. The number of anilines is 1. The van der Waals surface area contributed by atoms with E-state index in [1.165, 1.54) is 17.4 Å². The van der Waals surface area contributed by atoms with Crippen LogP contribution in [-0.4, -0.2) is 11.8 Å². The van der Waals surface area contributed by atoms with Gasteiger partial charge in [-0.05, 0) is 36.4 Å². The van der Waals surface area contributed by atoms with Crippen molar-refractivity contribution >= 4 is 45.6 Å². The van der Waals surface area contributed by atoms with Crippen LogP contribution >= 0.6 is 22.7 Å². The Kier molecular flexibility index (Phi) is 4.93. The van der Waals surface area contributed by atoms with E-state index < -0.39 is 5.91 Å². The standard InChI is InChI=1S/C15H16N2O2S2/c1-3-11-9(2)21-15(13(11)14(16)19)17-12(18)7-6-10-5-4-8-20-10/h4-8H,3H2,1-2H3,(H2,16,19)(H,17,18)/b7-6+. The highest BCUT2D eigenvalue weighted by Gasteiger charge is 2.19. The lowest BCUT2D eigenvalue weighted by atomic mass is 10.1. The molecule has 0 saturated heterocycles. The molecule has 0 saturated carbocycles. The highest BCUT2D eigenvalue weighted by atomic mass is 32.1. The number of rotatable bonds is 5. The van der Waals surface area contributed by atoms with Gasteiger partial charge in [-0.15, -0.1) is 22.7 Å². The second-order valence-electron chi connectivity index (χ2n) is 4.40. The number of nitrogens with one attached hydrogen (secondary N) is 1. The Morgan fingerprint density at radius 1 is 1.43 bits per heavy atom. The van der Waals surface area contributed by atoms with Crippen LogP contribution in [0, 0.1) is 6.92 Å². The summed E-state index contributed by atoms with van der Waals surface area (Å²) >= 11 is 2.93. The summed E-state index contributed by atoms with van der Waals surface area (Å²) in [6, 6.07) is 3.84. The molecule has 2 aromatic heterocycles. The molecule has 0 unspecified atom stereocenters. The number of amides is 2. The summed E-state index contributed by atoms with van der Waals surface area (Å²) in [7, 11) is 0. The van der Waals surface area contributed by atoms with E-state index in [1.54, 1.807) is 17.4 Å². The number of hydrogen-bond acceptors (Lipinski definition) is 4. The molecule has 2 amide bonds. The monoisotopic (exact) mass is 320 g/mol. The van der Waals surface area contributed by atoms with Gasteiger partial charge in [-0.25, -0.2) is 0 Å². The first-order valence-electron chi connectivity index (χ1n) is 6.47.